The number of pyridine rings is 1. The summed E-state index contributed by atoms with van der Waals surface area (Å²) < 4.78 is 4.99. The molecule has 5 heteroatoms. The Balaban J connectivity index is 1.88. The van der Waals surface area contributed by atoms with Crippen molar-refractivity contribution in [3.8, 4) is 5.88 Å². The highest BCUT2D eigenvalue weighted by Gasteiger charge is 2.06. The van der Waals surface area contributed by atoms with Crippen LogP contribution in [0.4, 0.5) is 0 Å². The molecule has 2 rings (SSSR count). The molecule has 1 aromatic heterocycles. The van der Waals surface area contributed by atoms with Gasteiger partial charge in [-0.25, -0.2) is 4.98 Å². The van der Waals surface area contributed by atoms with E-state index in [0.29, 0.717) is 18.0 Å². The van der Waals surface area contributed by atoms with Gasteiger partial charge < -0.3 is 10.1 Å². The minimum atomic E-state index is -0.141. The second-order valence-corrected chi connectivity index (χ2v) is 5.55. The van der Waals surface area contributed by atoms with E-state index in [1.807, 2.05) is 0 Å². The molecule has 0 radical (unpaired) electrons. The lowest BCUT2D eigenvalue weighted by atomic mass is 10.1. The molecule has 0 saturated carbocycles. The normalized spacial score (nSPS) is 10.7. The van der Waals surface area contributed by atoms with Crippen LogP contribution in [0.15, 0.2) is 42.6 Å². The molecule has 2 aromatic rings. The highest BCUT2D eigenvalue weighted by atomic mass is 16.5. The Hall–Kier alpha value is -2.40. The number of nitrogens with one attached hydrogen (secondary N) is 1. The Morgan fingerprint density at radius 3 is 2.29 bits per heavy atom. The van der Waals surface area contributed by atoms with Gasteiger partial charge >= 0.3 is 0 Å². The lowest BCUT2D eigenvalue weighted by molar-refractivity contribution is 0.0950. The number of hydrogen-bond acceptors (Lipinski definition) is 4. The average Bonchev–Trinajstić information content (AvgIpc) is 2.65. The topological polar surface area (TPSA) is 54.5 Å². The van der Waals surface area contributed by atoms with E-state index in [1.165, 1.54) is 11.8 Å². The third-order valence-electron chi connectivity index (χ3n) is 3.98. The maximum atomic E-state index is 12.1. The quantitative estimate of drug-likeness (QED) is 0.810. The van der Waals surface area contributed by atoms with Crippen molar-refractivity contribution in [2.24, 2.45) is 0 Å². The van der Waals surface area contributed by atoms with Gasteiger partial charge in [0.1, 0.15) is 0 Å². The lowest BCUT2D eigenvalue weighted by Crippen LogP contribution is -2.23. The van der Waals surface area contributed by atoms with E-state index in [4.69, 9.17) is 4.74 Å². The molecule has 1 aromatic carbocycles. The van der Waals surface area contributed by atoms with Gasteiger partial charge in [-0.2, -0.15) is 0 Å². The first-order valence-electron chi connectivity index (χ1n) is 8.24. The van der Waals surface area contributed by atoms with E-state index in [9.17, 15) is 4.79 Å². The van der Waals surface area contributed by atoms with E-state index in [0.717, 1.165) is 25.2 Å². The monoisotopic (exact) mass is 327 g/mol. The average molecular weight is 327 g/mol. The molecule has 128 valence electrons. The molecule has 0 spiro atoms. The summed E-state index contributed by atoms with van der Waals surface area (Å²) in [5, 5.41) is 2.91. The molecule has 0 aliphatic rings. The minimum Gasteiger partial charge on any atom is -0.481 e. The van der Waals surface area contributed by atoms with E-state index in [2.05, 4.69) is 53.3 Å². The second-order valence-electron chi connectivity index (χ2n) is 5.55. The molecule has 24 heavy (non-hydrogen) atoms. The first-order chi connectivity index (χ1) is 11.7. The Kier molecular flexibility index (Phi) is 6.75. The molecule has 0 aliphatic heterocycles. The van der Waals surface area contributed by atoms with Gasteiger partial charge in [-0.3, -0.25) is 9.69 Å². The van der Waals surface area contributed by atoms with Gasteiger partial charge in [0.2, 0.25) is 5.88 Å². The maximum absolute atomic E-state index is 12.1. The van der Waals surface area contributed by atoms with Crippen LogP contribution in [0.2, 0.25) is 0 Å². The summed E-state index contributed by atoms with van der Waals surface area (Å²) in [6.45, 7) is 7.88. The van der Waals surface area contributed by atoms with Crippen LogP contribution in [-0.2, 0) is 13.1 Å². The fourth-order valence-electron chi connectivity index (χ4n) is 2.39. The summed E-state index contributed by atoms with van der Waals surface area (Å²) >= 11 is 0. The largest absolute Gasteiger partial charge is 0.481 e. The number of rotatable bonds is 8. The van der Waals surface area contributed by atoms with Crippen LogP contribution in [-0.4, -0.2) is 36.0 Å². The number of carbonyl (C=O) groups excluding carboxylic acids is 1. The molecule has 0 atom stereocenters. The van der Waals surface area contributed by atoms with Gasteiger partial charge in [0.25, 0.3) is 5.91 Å². The smallest absolute Gasteiger partial charge is 0.253 e. The first-order valence-corrected chi connectivity index (χ1v) is 8.24. The third-order valence-corrected chi connectivity index (χ3v) is 3.98. The van der Waals surface area contributed by atoms with Crippen molar-refractivity contribution in [3.05, 3.63) is 59.3 Å². The van der Waals surface area contributed by atoms with Crippen LogP contribution in [0.1, 0.15) is 35.3 Å². The number of nitrogens with zero attached hydrogens (tertiary/aromatic N) is 2. The molecular formula is C19H25N3O2. The van der Waals surface area contributed by atoms with Gasteiger partial charge in [-0.05, 0) is 30.3 Å². The molecule has 5 nitrogen and oxygen atoms in total. The Morgan fingerprint density at radius 2 is 1.75 bits per heavy atom. The van der Waals surface area contributed by atoms with Gasteiger partial charge in [0.15, 0.2) is 0 Å². The lowest BCUT2D eigenvalue weighted by Gasteiger charge is -2.18. The number of benzene rings is 1. The number of ether oxygens (including phenoxy) is 1. The van der Waals surface area contributed by atoms with Crippen LogP contribution in [0.5, 0.6) is 5.88 Å². The standard InChI is InChI=1S/C19H25N3O2/c1-4-22(5-2)14-16-8-6-15(7-9-16)12-21-19(23)17-10-11-18(24-3)20-13-17/h6-11,13H,4-5,12,14H2,1-3H3,(H,21,23). The van der Waals surface area contributed by atoms with Crippen molar-refractivity contribution in [3.63, 3.8) is 0 Å². The van der Waals surface area contributed by atoms with Crippen molar-refractivity contribution < 1.29 is 9.53 Å². The fraction of sp³-hybridized carbons (Fsp3) is 0.368. The van der Waals surface area contributed by atoms with Crippen molar-refractivity contribution >= 4 is 5.91 Å². The number of hydrogen-bond donors (Lipinski definition) is 1. The van der Waals surface area contributed by atoms with E-state index in [-0.39, 0.29) is 5.91 Å². The SMILES string of the molecule is CCN(CC)Cc1ccc(CNC(=O)c2ccc(OC)nc2)cc1. The molecular weight excluding hydrogens is 302 g/mol. The highest BCUT2D eigenvalue weighted by molar-refractivity contribution is 5.93. The van der Waals surface area contributed by atoms with Crippen LogP contribution in [0.3, 0.4) is 0 Å². The van der Waals surface area contributed by atoms with E-state index in [1.54, 1.807) is 19.2 Å². The van der Waals surface area contributed by atoms with Gasteiger partial charge in [-0.15, -0.1) is 0 Å². The zero-order chi connectivity index (χ0) is 17.4. The van der Waals surface area contributed by atoms with Gasteiger partial charge in [0.05, 0.1) is 12.7 Å². The zero-order valence-corrected chi connectivity index (χ0v) is 14.6. The second kappa shape index (κ2) is 9.03. The molecule has 0 saturated heterocycles. The molecule has 1 amide bonds. The first kappa shape index (κ1) is 17.9. The minimum absolute atomic E-state index is 0.141. The maximum Gasteiger partial charge on any atom is 0.253 e. The van der Waals surface area contributed by atoms with E-state index >= 15 is 0 Å². The molecule has 0 fully saturated rings. The summed E-state index contributed by atoms with van der Waals surface area (Å²) in [5.41, 5.74) is 2.88. The fourth-order valence-corrected chi connectivity index (χ4v) is 2.39. The molecule has 1 heterocycles. The van der Waals surface area contributed by atoms with Gasteiger partial charge in [0, 0.05) is 25.4 Å². The van der Waals surface area contributed by atoms with Crippen LogP contribution in [0.25, 0.3) is 0 Å². The summed E-state index contributed by atoms with van der Waals surface area (Å²) in [7, 11) is 1.55. The summed E-state index contributed by atoms with van der Waals surface area (Å²) in [6.07, 6.45) is 1.52. The molecule has 0 aliphatic carbocycles. The number of carbonyl (C=O) groups is 1. The third kappa shape index (κ3) is 5.06. The summed E-state index contributed by atoms with van der Waals surface area (Å²) in [5.74, 6) is 0.354. The zero-order valence-electron chi connectivity index (χ0n) is 14.6. The predicted octanol–water partition coefficient (Wildman–Crippen LogP) is 2.86. The Labute approximate surface area is 143 Å². The van der Waals surface area contributed by atoms with Crippen LogP contribution in [0, 0.1) is 0 Å². The molecule has 1 N–H and O–H groups in total. The van der Waals surface area contributed by atoms with E-state index < -0.39 is 0 Å². The summed E-state index contributed by atoms with van der Waals surface area (Å²) in [4.78, 5) is 18.5. The highest BCUT2D eigenvalue weighted by Crippen LogP contribution is 2.09. The van der Waals surface area contributed by atoms with Crippen LogP contribution < -0.4 is 10.1 Å². The van der Waals surface area contributed by atoms with Gasteiger partial charge in [-0.1, -0.05) is 38.1 Å². The Bertz CT molecular complexity index is 635. The van der Waals surface area contributed by atoms with Crippen molar-refractivity contribution in [1.82, 2.24) is 15.2 Å². The number of aromatic nitrogens is 1. The van der Waals surface area contributed by atoms with Crippen molar-refractivity contribution in [1.29, 1.82) is 0 Å². The summed E-state index contributed by atoms with van der Waals surface area (Å²) in [6, 6.07) is 11.7. The molecule has 0 unspecified atom stereocenters. The van der Waals surface area contributed by atoms with Crippen LogP contribution >= 0.6 is 0 Å². The molecule has 0 bridgehead atoms. The van der Waals surface area contributed by atoms with Crippen molar-refractivity contribution in [2.45, 2.75) is 26.9 Å². The number of amides is 1. The number of methoxy groups -OCH3 is 1. The predicted molar refractivity (Wildman–Crippen MR) is 95.0 cm³/mol. The Morgan fingerprint density at radius 1 is 1.08 bits per heavy atom. The van der Waals surface area contributed by atoms with Crippen molar-refractivity contribution in [2.75, 3.05) is 20.2 Å².